The van der Waals surface area contributed by atoms with E-state index in [2.05, 4.69) is 42.4 Å². The molecule has 0 aromatic heterocycles. The molecule has 0 aliphatic carbocycles. The molecule has 0 bridgehead atoms. The van der Waals surface area contributed by atoms with Crippen LogP contribution in [0.3, 0.4) is 0 Å². The van der Waals surface area contributed by atoms with E-state index < -0.39 is 5.97 Å². The van der Waals surface area contributed by atoms with E-state index in [4.69, 9.17) is 5.11 Å². The lowest BCUT2D eigenvalue weighted by atomic mass is 10.1. The summed E-state index contributed by atoms with van der Waals surface area (Å²) in [6, 6.07) is 0. The van der Waals surface area contributed by atoms with Gasteiger partial charge in [-0.3, -0.25) is 4.79 Å². The number of carboxylic acid groups (broad SMARTS) is 1. The molecule has 0 spiro atoms. The summed E-state index contributed by atoms with van der Waals surface area (Å²) in [5.74, 6) is 16.1. The van der Waals surface area contributed by atoms with Crippen molar-refractivity contribution in [3.8, 4) is 35.5 Å². The van der Waals surface area contributed by atoms with Gasteiger partial charge in [-0.2, -0.15) is 0 Å². The van der Waals surface area contributed by atoms with Gasteiger partial charge < -0.3 is 5.11 Å². The third-order valence-electron chi connectivity index (χ3n) is 2.18. The van der Waals surface area contributed by atoms with Crippen molar-refractivity contribution in [2.24, 2.45) is 0 Å². The van der Waals surface area contributed by atoms with E-state index in [1.54, 1.807) is 0 Å². The van der Waals surface area contributed by atoms with Gasteiger partial charge in [0.1, 0.15) is 0 Å². The molecule has 0 heterocycles. The first-order valence-electron chi connectivity index (χ1n) is 6.45. The average molecular weight is 244 g/mol. The second-order valence-electron chi connectivity index (χ2n) is 3.91. The second-order valence-corrected chi connectivity index (χ2v) is 3.91. The highest BCUT2D eigenvalue weighted by atomic mass is 16.4. The molecule has 0 unspecified atom stereocenters. The number of carbonyl (C=O) groups is 1. The first-order chi connectivity index (χ1) is 8.77. The topological polar surface area (TPSA) is 37.3 Å². The molecule has 18 heavy (non-hydrogen) atoms. The summed E-state index contributed by atoms with van der Waals surface area (Å²) in [5.41, 5.74) is 0. The number of aliphatic carboxylic acids is 1. The van der Waals surface area contributed by atoms with Crippen LogP contribution in [-0.2, 0) is 4.79 Å². The van der Waals surface area contributed by atoms with E-state index >= 15 is 0 Å². The molecular formula is C16H20O2. The van der Waals surface area contributed by atoms with E-state index in [0.29, 0.717) is 0 Å². The Hall–Kier alpha value is -1.85. The fourth-order valence-corrected chi connectivity index (χ4v) is 1.24. The maximum Gasteiger partial charge on any atom is 0.303 e. The summed E-state index contributed by atoms with van der Waals surface area (Å²) in [6.45, 7) is 2.08. The van der Waals surface area contributed by atoms with E-state index in [0.717, 1.165) is 44.9 Å². The van der Waals surface area contributed by atoms with Crippen molar-refractivity contribution in [1.29, 1.82) is 0 Å². The molecule has 0 aliphatic heterocycles. The molecule has 0 radical (unpaired) electrons. The Labute approximate surface area is 110 Å². The lowest BCUT2D eigenvalue weighted by molar-refractivity contribution is -0.137. The fourth-order valence-electron chi connectivity index (χ4n) is 1.24. The predicted octanol–water partition coefficient (Wildman–Crippen LogP) is 3.22. The first kappa shape index (κ1) is 16.1. The molecule has 0 aromatic carbocycles. The molecule has 0 aromatic rings. The van der Waals surface area contributed by atoms with Gasteiger partial charge in [-0.05, 0) is 42.9 Å². The lowest BCUT2D eigenvalue weighted by Crippen LogP contribution is -1.93. The Morgan fingerprint density at radius 3 is 2.11 bits per heavy atom. The van der Waals surface area contributed by atoms with Crippen LogP contribution in [0.5, 0.6) is 0 Å². The molecule has 2 heteroatoms. The van der Waals surface area contributed by atoms with Gasteiger partial charge in [0.05, 0.1) is 0 Å². The monoisotopic (exact) mass is 244 g/mol. The highest BCUT2D eigenvalue weighted by Crippen LogP contribution is 2.04. The average Bonchev–Trinajstić information content (AvgIpc) is 2.34. The first-order valence-corrected chi connectivity index (χ1v) is 6.45. The summed E-state index contributed by atoms with van der Waals surface area (Å²) in [4.78, 5) is 10.3. The van der Waals surface area contributed by atoms with Gasteiger partial charge in [0.25, 0.3) is 0 Å². The van der Waals surface area contributed by atoms with Crippen molar-refractivity contribution in [2.75, 3.05) is 0 Å². The Balaban J connectivity index is 3.45. The molecule has 0 saturated heterocycles. The van der Waals surface area contributed by atoms with Gasteiger partial charge in [0, 0.05) is 19.3 Å². The summed E-state index contributed by atoms with van der Waals surface area (Å²) >= 11 is 0. The Morgan fingerprint density at radius 2 is 1.50 bits per heavy atom. The molecule has 0 fully saturated rings. The van der Waals surface area contributed by atoms with Crippen LogP contribution in [0.15, 0.2) is 0 Å². The zero-order chi connectivity index (χ0) is 13.5. The molecule has 96 valence electrons. The van der Waals surface area contributed by atoms with Crippen molar-refractivity contribution < 1.29 is 9.90 Å². The van der Waals surface area contributed by atoms with Crippen LogP contribution in [0.1, 0.15) is 58.3 Å². The van der Waals surface area contributed by atoms with Gasteiger partial charge >= 0.3 is 5.97 Å². The summed E-state index contributed by atoms with van der Waals surface area (Å²) < 4.78 is 0. The molecule has 2 nitrogen and oxygen atoms in total. The van der Waals surface area contributed by atoms with E-state index in [9.17, 15) is 4.79 Å². The van der Waals surface area contributed by atoms with Gasteiger partial charge in [-0.25, -0.2) is 0 Å². The number of hydrogen-bond acceptors (Lipinski definition) is 1. The molecule has 1 N–H and O–H groups in total. The highest BCUT2D eigenvalue weighted by molar-refractivity contribution is 5.66. The zero-order valence-corrected chi connectivity index (χ0v) is 11.0. The third-order valence-corrected chi connectivity index (χ3v) is 2.18. The summed E-state index contributed by atoms with van der Waals surface area (Å²) in [6.07, 6.45) is 6.80. The van der Waals surface area contributed by atoms with Crippen LogP contribution in [0, 0.1) is 35.5 Å². The summed E-state index contributed by atoms with van der Waals surface area (Å²) in [5, 5.41) is 8.44. The lowest BCUT2D eigenvalue weighted by Gasteiger charge is -1.95. The zero-order valence-electron chi connectivity index (χ0n) is 11.0. The Bertz CT molecular complexity index is 402. The second kappa shape index (κ2) is 13.2. The molecule has 0 atom stereocenters. The van der Waals surface area contributed by atoms with Crippen molar-refractivity contribution in [2.45, 2.75) is 58.3 Å². The molecular weight excluding hydrogens is 224 g/mol. The molecule has 0 amide bonds. The highest BCUT2D eigenvalue weighted by Gasteiger charge is 1.95. The third kappa shape index (κ3) is 14.1. The van der Waals surface area contributed by atoms with Crippen molar-refractivity contribution in [3.05, 3.63) is 0 Å². The van der Waals surface area contributed by atoms with E-state index in [1.165, 1.54) is 0 Å². The maximum atomic E-state index is 10.3. The smallest absolute Gasteiger partial charge is 0.303 e. The SMILES string of the molecule is CCCC#CC#CC#CCCCCCCC(=O)O. The number of unbranched alkanes of at least 4 members (excludes halogenated alkanes) is 5. The van der Waals surface area contributed by atoms with Crippen molar-refractivity contribution in [1.82, 2.24) is 0 Å². The quantitative estimate of drug-likeness (QED) is 0.551. The van der Waals surface area contributed by atoms with Crippen LogP contribution in [-0.4, -0.2) is 11.1 Å². The van der Waals surface area contributed by atoms with Crippen molar-refractivity contribution in [3.63, 3.8) is 0 Å². The normalized spacial score (nSPS) is 8.06. The van der Waals surface area contributed by atoms with Crippen molar-refractivity contribution >= 4 is 5.97 Å². The van der Waals surface area contributed by atoms with Gasteiger partial charge in [-0.15, -0.1) is 0 Å². The van der Waals surface area contributed by atoms with Crippen LogP contribution in [0.4, 0.5) is 0 Å². The Morgan fingerprint density at radius 1 is 0.889 bits per heavy atom. The largest absolute Gasteiger partial charge is 0.481 e. The van der Waals surface area contributed by atoms with Gasteiger partial charge in [-0.1, -0.05) is 31.6 Å². The minimum atomic E-state index is -0.714. The van der Waals surface area contributed by atoms with Crippen LogP contribution in [0.2, 0.25) is 0 Å². The minimum absolute atomic E-state index is 0.271. The minimum Gasteiger partial charge on any atom is -0.481 e. The standard InChI is InChI=1S/C16H20O2/c1-2-3-4-5-6-7-8-9-10-11-12-13-14-15-16(17)18/h2-3,10-15H2,1H3,(H,17,18). The molecule has 0 saturated carbocycles. The molecule has 0 aliphatic rings. The number of carboxylic acids is 1. The Kier molecular flexibility index (Phi) is 11.9. The van der Waals surface area contributed by atoms with Crippen LogP contribution >= 0.6 is 0 Å². The fraction of sp³-hybridized carbons (Fsp3) is 0.562. The predicted molar refractivity (Wildman–Crippen MR) is 73.6 cm³/mol. The maximum absolute atomic E-state index is 10.3. The van der Waals surface area contributed by atoms with E-state index in [-0.39, 0.29) is 6.42 Å². The van der Waals surface area contributed by atoms with Gasteiger partial charge in [0.15, 0.2) is 0 Å². The molecule has 0 rings (SSSR count). The summed E-state index contributed by atoms with van der Waals surface area (Å²) in [7, 11) is 0. The van der Waals surface area contributed by atoms with Crippen LogP contribution in [0.25, 0.3) is 0 Å². The van der Waals surface area contributed by atoms with Gasteiger partial charge in [0.2, 0.25) is 0 Å². The van der Waals surface area contributed by atoms with E-state index in [1.807, 2.05) is 0 Å². The number of rotatable bonds is 7. The van der Waals surface area contributed by atoms with Crippen LogP contribution < -0.4 is 0 Å². The number of hydrogen-bond donors (Lipinski definition) is 1.